The van der Waals surface area contributed by atoms with Crippen LogP contribution in [0.1, 0.15) is 23.6 Å². The van der Waals surface area contributed by atoms with Gasteiger partial charge in [-0.2, -0.15) is 0 Å². The summed E-state index contributed by atoms with van der Waals surface area (Å²) >= 11 is 7.43. The molecule has 0 aliphatic heterocycles. The molecule has 0 aliphatic rings. The Bertz CT molecular complexity index is 837. The lowest BCUT2D eigenvalue weighted by atomic mass is 10.1. The first-order valence-electron chi connectivity index (χ1n) is 8.83. The third kappa shape index (κ3) is 5.74. The molecule has 3 aromatic rings. The lowest BCUT2D eigenvalue weighted by molar-refractivity contribution is 0.171. The van der Waals surface area contributed by atoms with Crippen molar-refractivity contribution in [1.29, 1.82) is 0 Å². The molecule has 5 nitrogen and oxygen atoms in total. The first-order chi connectivity index (χ1) is 13.2. The third-order valence-corrected chi connectivity index (χ3v) is 5.24. The Balaban J connectivity index is 1.39. The van der Waals surface area contributed by atoms with E-state index in [0.717, 1.165) is 34.0 Å². The zero-order chi connectivity index (χ0) is 19.1. The summed E-state index contributed by atoms with van der Waals surface area (Å²) in [6, 6.07) is 11.4. The van der Waals surface area contributed by atoms with Gasteiger partial charge in [-0.05, 0) is 36.8 Å². The van der Waals surface area contributed by atoms with Crippen LogP contribution >= 0.6 is 22.9 Å². The van der Waals surface area contributed by atoms with Crippen LogP contribution in [0.3, 0.4) is 0 Å². The maximum absolute atomic E-state index is 10.1. The van der Waals surface area contributed by atoms with Gasteiger partial charge >= 0.3 is 0 Å². The molecular formula is C20H22ClN3O2S. The van der Waals surface area contributed by atoms with E-state index in [1.807, 2.05) is 24.3 Å². The summed E-state index contributed by atoms with van der Waals surface area (Å²) in [6.45, 7) is 3.68. The van der Waals surface area contributed by atoms with Crippen molar-refractivity contribution in [3.63, 3.8) is 0 Å². The second-order valence-corrected chi connectivity index (χ2v) is 7.32. The maximum atomic E-state index is 10.1. The molecule has 0 spiro atoms. The fraction of sp³-hybridized carbons (Fsp3) is 0.300. The van der Waals surface area contributed by atoms with Crippen molar-refractivity contribution in [2.24, 2.45) is 0 Å². The molecule has 2 aromatic heterocycles. The molecule has 1 atom stereocenters. The SMILES string of the molecule is CCc1nc(-c2ccc(OCCNCC(O)c3ccc(Cl)nc3)cc2)cs1. The van der Waals surface area contributed by atoms with E-state index in [1.165, 1.54) is 0 Å². The van der Waals surface area contributed by atoms with Crippen molar-refractivity contribution in [3.05, 3.63) is 63.7 Å². The number of hydrogen-bond acceptors (Lipinski definition) is 6. The molecule has 7 heteroatoms. The second-order valence-electron chi connectivity index (χ2n) is 5.99. The van der Waals surface area contributed by atoms with Crippen molar-refractivity contribution in [2.75, 3.05) is 19.7 Å². The second kappa shape index (κ2) is 9.80. The van der Waals surface area contributed by atoms with Crippen molar-refractivity contribution in [1.82, 2.24) is 15.3 Å². The quantitative estimate of drug-likeness (QED) is 0.415. The van der Waals surface area contributed by atoms with E-state index in [4.69, 9.17) is 16.3 Å². The Kier molecular flexibility index (Phi) is 7.18. The molecule has 0 radical (unpaired) electrons. The Morgan fingerprint density at radius 1 is 1.22 bits per heavy atom. The van der Waals surface area contributed by atoms with E-state index in [-0.39, 0.29) is 0 Å². The number of halogens is 1. The average Bonchev–Trinajstić information content (AvgIpc) is 3.18. The molecule has 1 unspecified atom stereocenters. The number of benzene rings is 1. The Hall–Kier alpha value is -1.99. The number of hydrogen-bond donors (Lipinski definition) is 2. The van der Waals surface area contributed by atoms with Crippen molar-refractivity contribution in [3.8, 4) is 17.0 Å². The van der Waals surface area contributed by atoms with Crippen LogP contribution in [0.5, 0.6) is 5.75 Å². The number of ether oxygens (including phenoxy) is 1. The molecule has 27 heavy (non-hydrogen) atoms. The van der Waals surface area contributed by atoms with Gasteiger partial charge in [-0.15, -0.1) is 11.3 Å². The third-order valence-electron chi connectivity index (χ3n) is 4.02. The lowest BCUT2D eigenvalue weighted by Gasteiger charge is -2.12. The van der Waals surface area contributed by atoms with Gasteiger partial charge in [0, 0.05) is 35.8 Å². The van der Waals surface area contributed by atoms with E-state index >= 15 is 0 Å². The van der Waals surface area contributed by atoms with Crippen LogP contribution < -0.4 is 10.1 Å². The predicted octanol–water partition coefficient (Wildman–Crippen LogP) is 4.12. The van der Waals surface area contributed by atoms with Crippen LogP contribution in [0, 0.1) is 0 Å². The minimum Gasteiger partial charge on any atom is -0.492 e. The summed E-state index contributed by atoms with van der Waals surface area (Å²) in [5.41, 5.74) is 2.84. The minimum atomic E-state index is -0.625. The number of aromatic nitrogens is 2. The van der Waals surface area contributed by atoms with Gasteiger partial charge in [0.1, 0.15) is 17.5 Å². The zero-order valence-corrected chi connectivity index (χ0v) is 16.6. The molecule has 2 heterocycles. The topological polar surface area (TPSA) is 67.3 Å². The highest BCUT2D eigenvalue weighted by atomic mass is 35.5. The first-order valence-corrected chi connectivity index (χ1v) is 10.1. The summed E-state index contributed by atoms with van der Waals surface area (Å²) in [5, 5.41) is 16.9. The maximum Gasteiger partial charge on any atom is 0.129 e. The number of nitrogens with one attached hydrogen (secondary N) is 1. The highest BCUT2D eigenvalue weighted by Gasteiger charge is 2.07. The number of aryl methyl sites for hydroxylation is 1. The first kappa shape index (κ1) is 19.8. The summed E-state index contributed by atoms with van der Waals surface area (Å²) in [5.74, 6) is 0.814. The van der Waals surface area contributed by atoms with Crippen LogP contribution in [0.4, 0.5) is 0 Å². The van der Waals surface area contributed by atoms with E-state index in [2.05, 4.69) is 27.6 Å². The molecular weight excluding hydrogens is 382 g/mol. The van der Waals surface area contributed by atoms with Gasteiger partial charge in [0.25, 0.3) is 0 Å². The van der Waals surface area contributed by atoms with E-state index in [1.54, 1.807) is 29.7 Å². The number of nitrogens with zero attached hydrogens (tertiary/aromatic N) is 2. The molecule has 142 valence electrons. The molecule has 0 aliphatic carbocycles. The fourth-order valence-corrected chi connectivity index (χ4v) is 3.38. The Morgan fingerprint density at radius 3 is 2.70 bits per heavy atom. The molecule has 0 saturated heterocycles. The number of aliphatic hydroxyl groups excluding tert-OH is 1. The summed E-state index contributed by atoms with van der Waals surface area (Å²) in [4.78, 5) is 8.56. The zero-order valence-electron chi connectivity index (χ0n) is 15.1. The molecule has 1 aromatic carbocycles. The predicted molar refractivity (Wildman–Crippen MR) is 109 cm³/mol. The van der Waals surface area contributed by atoms with Crippen molar-refractivity contribution in [2.45, 2.75) is 19.4 Å². The molecule has 3 rings (SSSR count). The van der Waals surface area contributed by atoms with Gasteiger partial charge in [0.05, 0.1) is 16.8 Å². The van der Waals surface area contributed by atoms with Crippen molar-refractivity contribution >= 4 is 22.9 Å². The van der Waals surface area contributed by atoms with Crippen LogP contribution in [-0.4, -0.2) is 34.8 Å². The number of thiazole rings is 1. The molecule has 0 saturated carbocycles. The van der Waals surface area contributed by atoms with Gasteiger partial charge in [0.15, 0.2) is 0 Å². The highest BCUT2D eigenvalue weighted by Crippen LogP contribution is 2.24. The Morgan fingerprint density at radius 2 is 2.04 bits per heavy atom. The van der Waals surface area contributed by atoms with Crippen LogP contribution in [0.2, 0.25) is 5.15 Å². The monoisotopic (exact) mass is 403 g/mol. The largest absolute Gasteiger partial charge is 0.492 e. The summed E-state index contributed by atoms with van der Waals surface area (Å²) < 4.78 is 5.73. The average molecular weight is 404 g/mol. The minimum absolute atomic E-state index is 0.416. The molecule has 0 fully saturated rings. The number of pyridine rings is 1. The fourth-order valence-electron chi connectivity index (χ4n) is 2.51. The van der Waals surface area contributed by atoms with Crippen LogP contribution in [0.15, 0.2) is 48.0 Å². The summed E-state index contributed by atoms with van der Waals surface area (Å²) in [6.07, 6.45) is 1.92. The summed E-state index contributed by atoms with van der Waals surface area (Å²) in [7, 11) is 0. The van der Waals surface area contributed by atoms with Crippen LogP contribution in [-0.2, 0) is 6.42 Å². The van der Waals surface area contributed by atoms with Gasteiger partial charge in [-0.1, -0.05) is 24.6 Å². The lowest BCUT2D eigenvalue weighted by Crippen LogP contribution is -2.26. The number of rotatable bonds is 9. The number of aliphatic hydroxyl groups is 1. The van der Waals surface area contributed by atoms with Gasteiger partial charge in [0.2, 0.25) is 0 Å². The Labute approximate surface area is 168 Å². The van der Waals surface area contributed by atoms with Gasteiger partial charge in [-0.25, -0.2) is 9.97 Å². The van der Waals surface area contributed by atoms with E-state index in [0.29, 0.717) is 24.8 Å². The molecule has 0 bridgehead atoms. The van der Waals surface area contributed by atoms with E-state index < -0.39 is 6.10 Å². The van der Waals surface area contributed by atoms with E-state index in [9.17, 15) is 5.11 Å². The molecule has 2 N–H and O–H groups in total. The highest BCUT2D eigenvalue weighted by molar-refractivity contribution is 7.09. The normalized spacial score (nSPS) is 12.1. The van der Waals surface area contributed by atoms with Gasteiger partial charge < -0.3 is 15.2 Å². The smallest absolute Gasteiger partial charge is 0.129 e. The standard InChI is InChI=1S/C20H22ClN3O2S/c1-2-20-24-17(13-27-20)14-3-6-16(7-4-14)26-10-9-22-12-18(25)15-5-8-19(21)23-11-15/h3-8,11,13,18,22,25H,2,9-10,12H2,1H3. The van der Waals surface area contributed by atoms with Gasteiger partial charge in [-0.3, -0.25) is 0 Å². The van der Waals surface area contributed by atoms with Crippen LogP contribution in [0.25, 0.3) is 11.3 Å². The van der Waals surface area contributed by atoms with Crippen molar-refractivity contribution < 1.29 is 9.84 Å². The molecule has 0 amide bonds.